The number of rotatable bonds is 6. The Labute approximate surface area is 167 Å². The molecule has 0 radical (unpaired) electrons. The number of alkyl halides is 2. The number of carbonyl (C=O) groups excluding carboxylic acids is 1. The van der Waals surface area contributed by atoms with Crippen LogP contribution in [0.5, 0.6) is 0 Å². The Kier molecular flexibility index (Phi) is 6.00. The van der Waals surface area contributed by atoms with Gasteiger partial charge in [0.15, 0.2) is 0 Å². The molecule has 3 rings (SSSR count). The SMILES string of the molecule is NC(=O)c1ccccc1S(=O)(=O)C1(F)CCN(CC(F)c2ccc(F)cc2)CC1. The van der Waals surface area contributed by atoms with E-state index in [0.29, 0.717) is 5.56 Å². The molecule has 156 valence electrons. The summed E-state index contributed by atoms with van der Waals surface area (Å²) in [4.78, 5) is 12.7. The van der Waals surface area contributed by atoms with Crippen molar-refractivity contribution in [2.24, 2.45) is 5.73 Å². The number of primary amides is 1. The second-order valence-corrected chi connectivity index (χ2v) is 9.24. The lowest BCUT2D eigenvalue weighted by Crippen LogP contribution is -2.47. The zero-order chi connectivity index (χ0) is 21.2. The standard InChI is InChI=1S/C20H21F3N2O3S/c21-15-7-5-14(6-8-15)17(22)13-25-11-9-20(23,10-12-25)29(27,28)18-4-2-1-3-16(18)19(24)26/h1-8,17H,9-13H2,(H2,24,26). The highest BCUT2D eigenvalue weighted by Crippen LogP contribution is 2.38. The minimum Gasteiger partial charge on any atom is -0.366 e. The number of halogens is 3. The number of hydrogen-bond acceptors (Lipinski definition) is 4. The van der Waals surface area contributed by atoms with E-state index >= 15 is 4.39 Å². The van der Waals surface area contributed by atoms with E-state index in [9.17, 15) is 22.0 Å². The van der Waals surface area contributed by atoms with Gasteiger partial charge in [0, 0.05) is 32.5 Å². The Hall–Kier alpha value is -2.39. The van der Waals surface area contributed by atoms with E-state index in [4.69, 9.17) is 5.73 Å². The van der Waals surface area contributed by atoms with E-state index in [0.717, 1.165) is 18.2 Å². The number of amides is 1. The van der Waals surface area contributed by atoms with Crippen LogP contribution in [0.25, 0.3) is 0 Å². The van der Waals surface area contributed by atoms with Crippen molar-refractivity contribution in [3.63, 3.8) is 0 Å². The molecule has 2 aromatic carbocycles. The van der Waals surface area contributed by atoms with Crippen LogP contribution in [0.1, 0.15) is 34.9 Å². The third-order valence-corrected chi connectivity index (χ3v) is 7.48. The number of piperidine rings is 1. The largest absolute Gasteiger partial charge is 0.366 e. The molecule has 0 bridgehead atoms. The number of carbonyl (C=O) groups is 1. The summed E-state index contributed by atoms with van der Waals surface area (Å²) in [5.74, 6) is -1.42. The molecule has 2 N–H and O–H groups in total. The lowest BCUT2D eigenvalue weighted by Gasteiger charge is -2.36. The Bertz CT molecular complexity index is 988. The maximum atomic E-state index is 15.5. The maximum Gasteiger partial charge on any atom is 0.250 e. The zero-order valence-electron chi connectivity index (χ0n) is 15.5. The Morgan fingerprint density at radius 2 is 1.69 bits per heavy atom. The summed E-state index contributed by atoms with van der Waals surface area (Å²) < 4.78 is 68.7. The molecule has 0 spiro atoms. The van der Waals surface area contributed by atoms with Gasteiger partial charge in [-0.15, -0.1) is 0 Å². The van der Waals surface area contributed by atoms with Gasteiger partial charge in [-0.1, -0.05) is 24.3 Å². The molecule has 1 saturated heterocycles. The predicted molar refractivity (Wildman–Crippen MR) is 102 cm³/mol. The van der Waals surface area contributed by atoms with Gasteiger partial charge in [0.25, 0.3) is 0 Å². The summed E-state index contributed by atoms with van der Waals surface area (Å²) >= 11 is 0. The van der Waals surface area contributed by atoms with Crippen LogP contribution in [0.15, 0.2) is 53.4 Å². The molecule has 5 nitrogen and oxygen atoms in total. The first-order valence-electron chi connectivity index (χ1n) is 9.08. The van der Waals surface area contributed by atoms with Crippen LogP contribution in [0.4, 0.5) is 13.2 Å². The van der Waals surface area contributed by atoms with Crippen LogP contribution >= 0.6 is 0 Å². The van der Waals surface area contributed by atoms with E-state index in [2.05, 4.69) is 0 Å². The minimum absolute atomic E-state index is 0.0239. The van der Waals surface area contributed by atoms with Crippen LogP contribution in [0.2, 0.25) is 0 Å². The number of nitrogens with zero attached hydrogens (tertiary/aromatic N) is 1. The number of likely N-dealkylation sites (tertiary alicyclic amines) is 1. The molecule has 1 amide bonds. The average molecular weight is 426 g/mol. The third kappa shape index (κ3) is 4.30. The number of hydrogen-bond donors (Lipinski definition) is 1. The highest BCUT2D eigenvalue weighted by Gasteiger charge is 2.48. The first-order valence-corrected chi connectivity index (χ1v) is 10.6. The smallest absolute Gasteiger partial charge is 0.250 e. The van der Waals surface area contributed by atoms with E-state index in [1.54, 1.807) is 4.90 Å². The quantitative estimate of drug-likeness (QED) is 0.770. The van der Waals surface area contributed by atoms with Crippen molar-refractivity contribution < 1.29 is 26.4 Å². The van der Waals surface area contributed by atoms with Crippen molar-refractivity contribution >= 4 is 15.7 Å². The molecule has 1 aliphatic rings. The number of benzene rings is 2. The highest BCUT2D eigenvalue weighted by molar-refractivity contribution is 7.92. The summed E-state index contributed by atoms with van der Waals surface area (Å²) in [6, 6.07) is 10.3. The van der Waals surface area contributed by atoms with Crippen LogP contribution < -0.4 is 5.73 Å². The van der Waals surface area contributed by atoms with Crippen molar-refractivity contribution in [1.29, 1.82) is 0 Å². The van der Waals surface area contributed by atoms with Gasteiger partial charge < -0.3 is 5.73 Å². The molecule has 0 aromatic heterocycles. The van der Waals surface area contributed by atoms with Crippen molar-refractivity contribution in [2.45, 2.75) is 28.9 Å². The van der Waals surface area contributed by atoms with Crippen molar-refractivity contribution in [2.75, 3.05) is 19.6 Å². The monoisotopic (exact) mass is 426 g/mol. The van der Waals surface area contributed by atoms with Gasteiger partial charge >= 0.3 is 0 Å². The van der Waals surface area contributed by atoms with Gasteiger partial charge in [-0.3, -0.25) is 9.69 Å². The van der Waals surface area contributed by atoms with E-state index in [1.165, 1.54) is 30.3 Å². The first kappa shape index (κ1) is 21.3. The highest BCUT2D eigenvalue weighted by atomic mass is 32.2. The van der Waals surface area contributed by atoms with Crippen molar-refractivity contribution in [1.82, 2.24) is 4.90 Å². The molecule has 1 fully saturated rings. The summed E-state index contributed by atoms with van der Waals surface area (Å²) in [6.07, 6.45) is -2.13. The summed E-state index contributed by atoms with van der Waals surface area (Å²) in [6.45, 7) is -0.00814. The molecule has 1 aliphatic heterocycles. The molecular weight excluding hydrogens is 405 g/mol. The van der Waals surface area contributed by atoms with Gasteiger partial charge in [-0.25, -0.2) is 21.6 Å². The predicted octanol–water partition coefficient (Wildman–Crippen LogP) is 3.17. The summed E-state index contributed by atoms with van der Waals surface area (Å²) in [5, 5.41) is -2.57. The van der Waals surface area contributed by atoms with Crippen molar-refractivity contribution in [3.8, 4) is 0 Å². The zero-order valence-corrected chi connectivity index (χ0v) is 16.3. The number of sulfone groups is 1. The molecule has 1 atom stereocenters. The van der Waals surface area contributed by atoms with Gasteiger partial charge in [0.2, 0.25) is 20.7 Å². The van der Waals surface area contributed by atoms with Gasteiger partial charge in [0.05, 0.1) is 10.5 Å². The van der Waals surface area contributed by atoms with Crippen LogP contribution in [-0.4, -0.2) is 43.9 Å². The second kappa shape index (κ2) is 8.16. The first-order chi connectivity index (χ1) is 13.6. The molecule has 0 aliphatic carbocycles. The molecule has 0 saturated carbocycles. The Morgan fingerprint density at radius 3 is 2.28 bits per heavy atom. The van der Waals surface area contributed by atoms with Gasteiger partial charge in [-0.05, 0) is 29.8 Å². The lowest BCUT2D eigenvalue weighted by atomic mass is 10.1. The third-order valence-electron chi connectivity index (χ3n) is 5.18. The average Bonchev–Trinajstić information content (AvgIpc) is 2.70. The minimum atomic E-state index is -4.48. The normalized spacial score (nSPS) is 18.3. The molecule has 9 heteroatoms. The van der Waals surface area contributed by atoms with Crippen LogP contribution in [0.3, 0.4) is 0 Å². The van der Waals surface area contributed by atoms with E-state index in [-0.39, 0.29) is 38.0 Å². The fourth-order valence-corrected chi connectivity index (χ4v) is 5.27. The maximum absolute atomic E-state index is 15.5. The molecule has 1 unspecified atom stereocenters. The van der Waals surface area contributed by atoms with Gasteiger partial charge in [0.1, 0.15) is 12.0 Å². The molecule has 29 heavy (non-hydrogen) atoms. The fourth-order valence-electron chi connectivity index (χ4n) is 3.44. The van der Waals surface area contributed by atoms with Gasteiger partial charge in [-0.2, -0.15) is 0 Å². The molecule has 1 heterocycles. The fraction of sp³-hybridized carbons (Fsp3) is 0.350. The topological polar surface area (TPSA) is 80.5 Å². The van der Waals surface area contributed by atoms with Crippen LogP contribution in [-0.2, 0) is 9.84 Å². The molecule has 2 aromatic rings. The summed E-state index contributed by atoms with van der Waals surface area (Å²) in [5.41, 5.74) is 5.27. The van der Waals surface area contributed by atoms with E-state index < -0.39 is 37.6 Å². The lowest BCUT2D eigenvalue weighted by molar-refractivity contribution is 0.0973. The molecular formula is C20H21F3N2O3S. The summed E-state index contributed by atoms with van der Waals surface area (Å²) in [7, 11) is -4.48. The van der Waals surface area contributed by atoms with Crippen LogP contribution in [0, 0.1) is 5.82 Å². The Morgan fingerprint density at radius 1 is 1.10 bits per heavy atom. The van der Waals surface area contributed by atoms with E-state index in [1.807, 2.05) is 0 Å². The van der Waals surface area contributed by atoms with Crippen molar-refractivity contribution in [3.05, 3.63) is 65.5 Å². The number of nitrogens with two attached hydrogens (primary N) is 1. The second-order valence-electron chi connectivity index (χ2n) is 7.07. The Balaban J connectivity index is 1.72.